The topological polar surface area (TPSA) is 50.7 Å². The van der Waals surface area contributed by atoms with Gasteiger partial charge in [0.05, 0.1) is 17.7 Å². The molecule has 1 aliphatic rings. The van der Waals surface area contributed by atoms with Crippen LogP contribution in [0, 0.1) is 21.0 Å². The highest BCUT2D eigenvalue weighted by Gasteiger charge is 2.24. The molecular formula is C25H20I2N2O2S. The highest BCUT2D eigenvalue weighted by molar-refractivity contribution is 14.1. The van der Waals surface area contributed by atoms with E-state index >= 15 is 0 Å². The van der Waals surface area contributed by atoms with Gasteiger partial charge in [0.15, 0.2) is 5.17 Å². The number of hydrogen-bond donors (Lipinski definition) is 1. The Bertz CT molecular complexity index is 1220. The monoisotopic (exact) mass is 666 g/mol. The van der Waals surface area contributed by atoms with Crippen molar-refractivity contribution in [3.8, 4) is 5.75 Å². The number of nitrogens with zero attached hydrogens (tertiary/aromatic N) is 1. The van der Waals surface area contributed by atoms with E-state index in [1.165, 1.54) is 17.3 Å². The number of hydrogen-bond acceptors (Lipinski definition) is 4. The number of ether oxygens (including phenoxy) is 1. The van der Waals surface area contributed by atoms with Crippen molar-refractivity contribution < 1.29 is 9.53 Å². The van der Waals surface area contributed by atoms with E-state index in [0.717, 1.165) is 35.3 Å². The Morgan fingerprint density at radius 1 is 1.03 bits per heavy atom. The van der Waals surface area contributed by atoms with Gasteiger partial charge in [0, 0.05) is 0 Å². The van der Waals surface area contributed by atoms with Gasteiger partial charge in [-0.15, -0.1) is 0 Å². The summed E-state index contributed by atoms with van der Waals surface area (Å²) >= 11 is 5.92. The van der Waals surface area contributed by atoms with Gasteiger partial charge >= 0.3 is 0 Å². The summed E-state index contributed by atoms with van der Waals surface area (Å²) in [5.41, 5.74) is 5.22. The lowest BCUT2D eigenvalue weighted by Crippen LogP contribution is -2.19. The molecule has 1 N–H and O–H groups in total. The Morgan fingerprint density at radius 3 is 2.44 bits per heavy atom. The van der Waals surface area contributed by atoms with Crippen molar-refractivity contribution in [2.45, 2.75) is 20.5 Å². The van der Waals surface area contributed by atoms with Gasteiger partial charge in [0.1, 0.15) is 12.4 Å². The van der Waals surface area contributed by atoms with E-state index in [0.29, 0.717) is 16.7 Å². The van der Waals surface area contributed by atoms with Crippen LogP contribution in [-0.2, 0) is 11.4 Å². The van der Waals surface area contributed by atoms with Gasteiger partial charge in [-0.1, -0.05) is 48.0 Å². The van der Waals surface area contributed by atoms with Crippen LogP contribution in [0.1, 0.15) is 22.3 Å². The number of aryl methyl sites for hydroxylation is 2. The van der Waals surface area contributed by atoms with Crippen molar-refractivity contribution in [1.82, 2.24) is 5.32 Å². The van der Waals surface area contributed by atoms with Gasteiger partial charge in [-0.25, -0.2) is 4.99 Å². The average molecular weight is 666 g/mol. The third-order valence-electron chi connectivity index (χ3n) is 4.77. The summed E-state index contributed by atoms with van der Waals surface area (Å²) < 4.78 is 8.07. The second kappa shape index (κ2) is 10.4. The van der Waals surface area contributed by atoms with Gasteiger partial charge < -0.3 is 10.1 Å². The van der Waals surface area contributed by atoms with Crippen LogP contribution >= 0.6 is 56.9 Å². The molecule has 0 saturated carbocycles. The predicted molar refractivity (Wildman–Crippen MR) is 149 cm³/mol. The van der Waals surface area contributed by atoms with Crippen molar-refractivity contribution in [1.29, 1.82) is 0 Å². The Labute approximate surface area is 219 Å². The number of rotatable bonds is 5. The van der Waals surface area contributed by atoms with E-state index in [-0.39, 0.29) is 5.91 Å². The summed E-state index contributed by atoms with van der Waals surface area (Å²) in [6, 6.07) is 20.2. The molecule has 1 fully saturated rings. The minimum atomic E-state index is -0.132. The molecule has 0 spiro atoms. The van der Waals surface area contributed by atoms with Crippen LogP contribution in [0.3, 0.4) is 0 Å². The zero-order valence-corrected chi connectivity index (χ0v) is 22.6. The van der Waals surface area contributed by atoms with E-state index in [2.05, 4.69) is 68.5 Å². The van der Waals surface area contributed by atoms with Gasteiger partial charge in [-0.2, -0.15) is 0 Å². The summed E-state index contributed by atoms with van der Waals surface area (Å²) in [5, 5.41) is 3.47. The van der Waals surface area contributed by atoms with Crippen LogP contribution < -0.4 is 10.1 Å². The number of carbonyl (C=O) groups excluding carboxylic acids is 1. The van der Waals surface area contributed by atoms with Crippen LogP contribution in [0.15, 0.2) is 70.6 Å². The van der Waals surface area contributed by atoms with Crippen LogP contribution in [0.5, 0.6) is 5.75 Å². The number of carbonyl (C=O) groups is 1. The molecule has 1 saturated heterocycles. The maximum absolute atomic E-state index is 12.5. The Hall–Kier alpha value is -1.85. The lowest BCUT2D eigenvalue weighted by Gasteiger charge is -2.11. The van der Waals surface area contributed by atoms with Crippen LogP contribution in [0.4, 0.5) is 5.69 Å². The lowest BCUT2D eigenvalue weighted by atomic mass is 10.1. The third kappa shape index (κ3) is 5.74. The first-order chi connectivity index (χ1) is 15.4. The largest absolute Gasteiger partial charge is 0.487 e. The molecule has 0 radical (unpaired) electrons. The van der Waals surface area contributed by atoms with Crippen molar-refractivity contribution in [3.05, 3.63) is 95.0 Å². The Morgan fingerprint density at radius 2 is 1.75 bits per heavy atom. The second-order valence-electron chi connectivity index (χ2n) is 7.36. The first-order valence-corrected chi connectivity index (χ1v) is 12.9. The molecule has 0 aromatic heterocycles. The van der Waals surface area contributed by atoms with Crippen molar-refractivity contribution in [2.24, 2.45) is 4.99 Å². The Kier molecular flexibility index (Phi) is 7.57. The molecule has 1 aliphatic heterocycles. The molecule has 4 rings (SSSR count). The standard InChI is InChI=1S/C25H20I2N2O2S/c1-15-8-9-21(16(2)10-15)28-25-29-24(30)22(32-25)13-18-11-19(26)23(20(27)12-18)31-14-17-6-4-3-5-7-17/h3-13H,14H2,1-2H3,(H,28,29,30)/b22-13+. The minimum absolute atomic E-state index is 0.132. The van der Waals surface area contributed by atoms with E-state index in [4.69, 9.17) is 4.74 Å². The fourth-order valence-electron chi connectivity index (χ4n) is 3.20. The summed E-state index contributed by atoms with van der Waals surface area (Å²) in [7, 11) is 0. The number of amidine groups is 1. The summed E-state index contributed by atoms with van der Waals surface area (Å²) in [5.74, 6) is 0.728. The van der Waals surface area contributed by atoms with Gasteiger partial charge in [-0.05, 0) is 112 Å². The molecular weight excluding hydrogens is 646 g/mol. The smallest absolute Gasteiger partial charge is 0.264 e. The molecule has 32 heavy (non-hydrogen) atoms. The molecule has 0 bridgehead atoms. The molecule has 4 nitrogen and oxygen atoms in total. The zero-order valence-electron chi connectivity index (χ0n) is 17.5. The molecule has 0 unspecified atom stereocenters. The molecule has 0 aliphatic carbocycles. The highest BCUT2D eigenvalue weighted by Crippen LogP contribution is 2.33. The highest BCUT2D eigenvalue weighted by atomic mass is 127. The molecule has 3 aromatic carbocycles. The number of thioether (sulfide) groups is 1. The fraction of sp³-hybridized carbons (Fsp3) is 0.120. The summed E-state index contributed by atoms with van der Waals surface area (Å²) in [6.07, 6.45) is 1.90. The van der Waals surface area contributed by atoms with Crippen molar-refractivity contribution in [3.63, 3.8) is 0 Å². The summed E-state index contributed by atoms with van der Waals surface area (Å²) in [4.78, 5) is 17.8. The zero-order chi connectivity index (χ0) is 22.7. The Balaban J connectivity index is 1.52. The molecule has 3 aromatic rings. The van der Waals surface area contributed by atoms with E-state index in [1.54, 1.807) is 0 Å². The third-order valence-corrected chi connectivity index (χ3v) is 7.28. The van der Waals surface area contributed by atoms with E-state index < -0.39 is 0 Å². The maximum atomic E-state index is 12.5. The van der Waals surface area contributed by atoms with E-state index in [9.17, 15) is 4.79 Å². The maximum Gasteiger partial charge on any atom is 0.264 e. The van der Waals surface area contributed by atoms with Gasteiger partial charge in [0.25, 0.3) is 5.91 Å². The van der Waals surface area contributed by atoms with Crippen molar-refractivity contribution in [2.75, 3.05) is 0 Å². The number of benzene rings is 3. The quantitative estimate of drug-likeness (QED) is 0.236. The SMILES string of the molecule is Cc1ccc(N=C2NC(=O)/C(=C\c3cc(I)c(OCc4ccccc4)c(I)c3)S2)c(C)c1. The fourth-order valence-corrected chi connectivity index (χ4v) is 6.17. The first-order valence-electron chi connectivity index (χ1n) is 9.91. The summed E-state index contributed by atoms with van der Waals surface area (Å²) in [6.45, 7) is 4.59. The lowest BCUT2D eigenvalue weighted by molar-refractivity contribution is -0.115. The van der Waals surface area contributed by atoms with Crippen molar-refractivity contribution >= 4 is 79.8 Å². The molecule has 1 heterocycles. The molecule has 162 valence electrons. The average Bonchev–Trinajstić information content (AvgIpc) is 3.09. The molecule has 1 amide bonds. The molecule has 0 atom stereocenters. The number of halogens is 2. The normalized spacial score (nSPS) is 15.9. The number of amides is 1. The predicted octanol–water partition coefficient (Wildman–Crippen LogP) is 6.98. The van der Waals surface area contributed by atoms with Crippen LogP contribution in [-0.4, -0.2) is 11.1 Å². The first kappa shape index (κ1) is 23.3. The second-order valence-corrected chi connectivity index (χ2v) is 10.7. The number of aliphatic imine (C=N–C) groups is 1. The van der Waals surface area contributed by atoms with Crippen LogP contribution in [0.2, 0.25) is 0 Å². The van der Waals surface area contributed by atoms with E-state index in [1.807, 2.05) is 67.6 Å². The van der Waals surface area contributed by atoms with Gasteiger partial charge in [-0.3, -0.25) is 4.79 Å². The van der Waals surface area contributed by atoms with Crippen LogP contribution in [0.25, 0.3) is 6.08 Å². The van der Waals surface area contributed by atoms with Gasteiger partial charge in [0.2, 0.25) is 0 Å². The number of nitrogens with one attached hydrogen (secondary N) is 1. The minimum Gasteiger partial charge on any atom is -0.487 e. The molecule has 7 heteroatoms.